The average Bonchev–Trinajstić information content (AvgIpc) is 2.66. The van der Waals surface area contributed by atoms with Gasteiger partial charge in [0.1, 0.15) is 5.75 Å². The molecule has 1 heterocycles. The van der Waals surface area contributed by atoms with Crippen molar-refractivity contribution < 1.29 is 9.53 Å². The number of hydrogen-bond donors (Lipinski definition) is 0. The standard InChI is InChI=1S/C24H31NO2/c1-5-24-13-7-9-20-23(24)21(25(20)4)14-17-11-12-18(15-19(17)24)27-22(26)10-6-8-16(2)3/h6,8,10-12,15,20-21,23H,5,7,9,13-14H2,1-4H3/b10-6+/t20?,21-,23+,24-/m0/s1. The van der Waals surface area contributed by atoms with Crippen molar-refractivity contribution in [2.45, 2.75) is 70.4 Å². The summed E-state index contributed by atoms with van der Waals surface area (Å²) in [5, 5.41) is 0. The molecule has 1 aromatic carbocycles. The number of benzene rings is 1. The summed E-state index contributed by atoms with van der Waals surface area (Å²) in [5.74, 6) is 1.13. The lowest BCUT2D eigenvalue weighted by atomic mass is 9.49. The van der Waals surface area contributed by atoms with Crippen molar-refractivity contribution in [1.29, 1.82) is 0 Å². The third-order valence-electron chi connectivity index (χ3n) is 7.19. The summed E-state index contributed by atoms with van der Waals surface area (Å²) in [6.07, 6.45) is 11.3. The van der Waals surface area contributed by atoms with Crippen LogP contribution in [0.3, 0.4) is 0 Å². The first-order chi connectivity index (χ1) is 13.0. The third kappa shape index (κ3) is 2.97. The zero-order chi connectivity index (χ0) is 19.2. The molecule has 3 nitrogen and oxygen atoms in total. The highest BCUT2D eigenvalue weighted by atomic mass is 16.5. The van der Waals surface area contributed by atoms with E-state index in [0.29, 0.717) is 11.8 Å². The predicted molar refractivity (Wildman–Crippen MR) is 109 cm³/mol. The second kappa shape index (κ2) is 6.94. The Hall–Kier alpha value is -1.87. The van der Waals surface area contributed by atoms with E-state index < -0.39 is 0 Å². The van der Waals surface area contributed by atoms with E-state index in [0.717, 1.165) is 24.0 Å². The molecule has 144 valence electrons. The van der Waals surface area contributed by atoms with Crippen molar-refractivity contribution in [3.8, 4) is 5.75 Å². The van der Waals surface area contributed by atoms with Crippen molar-refractivity contribution >= 4 is 5.97 Å². The van der Waals surface area contributed by atoms with Crippen LogP contribution < -0.4 is 4.74 Å². The second-order valence-electron chi connectivity index (χ2n) is 8.78. The first kappa shape index (κ1) is 18.5. The lowest BCUT2D eigenvalue weighted by molar-refractivity contribution is -0.129. The van der Waals surface area contributed by atoms with E-state index in [2.05, 4.69) is 31.0 Å². The average molecular weight is 366 g/mol. The SMILES string of the molecule is CC[C@@]12CCCC3[C@@H]1[C@H](Cc1ccc(OC(=O)/C=C/C=C(C)C)cc12)N3C. The number of allylic oxidation sites excluding steroid dienone is 3. The quantitative estimate of drug-likeness (QED) is 0.332. The Bertz CT molecular complexity index is 805. The summed E-state index contributed by atoms with van der Waals surface area (Å²) < 4.78 is 5.63. The van der Waals surface area contributed by atoms with Crippen LogP contribution in [0, 0.1) is 5.92 Å². The zero-order valence-electron chi connectivity index (χ0n) is 17.0. The highest BCUT2D eigenvalue weighted by Crippen LogP contribution is 2.59. The van der Waals surface area contributed by atoms with Crippen LogP contribution in [0.1, 0.15) is 57.6 Å². The molecule has 4 rings (SSSR count). The summed E-state index contributed by atoms with van der Waals surface area (Å²) in [6, 6.07) is 7.75. The predicted octanol–water partition coefficient (Wildman–Crippen LogP) is 4.80. The first-order valence-electron chi connectivity index (χ1n) is 10.3. The van der Waals surface area contributed by atoms with Crippen LogP contribution >= 0.6 is 0 Å². The molecular weight excluding hydrogens is 334 g/mol. The number of fused-ring (bicyclic) bond motifs is 2. The van der Waals surface area contributed by atoms with Gasteiger partial charge in [-0.25, -0.2) is 4.79 Å². The Morgan fingerprint density at radius 2 is 2.15 bits per heavy atom. The zero-order valence-corrected chi connectivity index (χ0v) is 17.0. The first-order valence-corrected chi connectivity index (χ1v) is 10.3. The molecule has 1 unspecified atom stereocenters. The summed E-state index contributed by atoms with van der Waals surface area (Å²) in [6.45, 7) is 6.35. The van der Waals surface area contributed by atoms with Crippen molar-refractivity contribution in [3.05, 3.63) is 53.1 Å². The van der Waals surface area contributed by atoms with Gasteiger partial charge in [-0.3, -0.25) is 4.90 Å². The Morgan fingerprint density at radius 1 is 1.33 bits per heavy atom. The fourth-order valence-corrected chi connectivity index (χ4v) is 5.96. The molecule has 0 bridgehead atoms. The summed E-state index contributed by atoms with van der Waals surface area (Å²) >= 11 is 0. The summed E-state index contributed by atoms with van der Waals surface area (Å²) in [5.41, 5.74) is 4.31. The highest BCUT2D eigenvalue weighted by molar-refractivity contribution is 5.84. The van der Waals surface area contributed by atoms with Gasteiger partial charge in [0.2, 0.25) is 0 Å². The van der Waals surface area contributed by atoms with Gasteiger partial charge in [0.05, 0.1) is 0 Å². The minimum atomic E-state index is -0.309. The molecule has 0 N–H and O–H groups in total. The number of carbonyl (C=O) groups excluding carboxylic acids is 1. The second-order valence-corrected chi connectivity index (χ2v) is 8.78. The van der Waals surface area contributed by atoms with Gasteiger partial charge in [0.25, 0.3) is 0 Å². The molecule has 0 spiro atoms. The molecule has 2 fully saturated rings. The third-order valence-corrected chi connectivity index (χ3v) is 7.19. The van der Waals surface area contributed by atoms with Crippen molar-refractivity contribution in [2.75, 3.05) is 7.05 Å². The number of hydrogen-bond acceptors (Lipinski definition) is 3. The topological polar surface area (TPSA) is 29.5 Å². The molecule has 1 aliphatic heterocycles. The van der Waals surface area contributed by atoms with Gasteiger partial charge in [0.15, 0.2) is 0 Å². The Morgan fingerprint density at radius 3 is 2.89 bits per heavy atom. The molecular formula is C24H31NO2. The lowest BCUT2D eigenvalue weighted by Crippen LogP contribution is -2.72. The molecule has 1 saturated heterocycles. The number of nitrogens with zero attached hydrogens (tertiary/aromatic N) is 1. The Kier molecular flexibility index (Phi) is 4.75. The molecule has 27 heavy (non-hydrogen) atoms. The van der Waals surface area contributed by atoms with E-state index in [4.69, 9.17) is 4.74 Å². The van der Waals surface area contributed by atoms with E-state index in [1.54, 1.807) is 6.08 Å². The normalized spacial score (nSPS) is 31.6. The van der Waals surface area contributed by atoms with E-state index in [1.807, 2.05) is 26.0 Å². The number of likely N-dealkylation sites (N-methyl/N-ethyl adjacent to an activating group) is 1. The lowest BCUT2D eigenvalue weighted by Gasteiger charge is -2.66. The molecule has 0 radical (unpaired) electrons. The van der Waals surface area contributed by atoms with Gasteiger partial charge in [0, 0.05) is 23.6 Å². The van der Waals surface area contributed by atoms with Gasteiger partial charge in [-0.1, -0.05) is 37.1 Å². The molecule has 0 aromatic heterocycles. The number of carbonyl (C=O) groups is 1. The minimum absolute atomic E-state index is 0.258. The minimum Gasteiger partial charge on any atom is -0.423 e. The summed E-state index contributed by atoms with van der Waals surface area (Å²) in [7, 11) is 2.30. The fraction of sp³-hybridized carbons (Fsp3) is 0.542. The van der Waals surface area contributed by atoms with Crippen LogP contribution in [-0.2, 0) is 16.6 Å². The van der Waals surface area contributed by atoms with Gasteiger partial charge in [-0.05, 0) is 75.8 Å². The number of ether oxygens (including phenoxy) is 1. The van der Waals surface area contributed by atoms with Crippen molar-refractivity contribution in [1.82, 2.24) is 4.90 Å². The monoisotopic (exact) mass is 365 g/mol. The van der Waals surface area contributed by atoms with Gasteiger partial charge < -0.3 is 4.74 Å². The largest absolute Gasteiger partial charge is 0.423 e. The molecule has 4 atom stereocenters. The maximum absolute atomic E-state index is 12.2. The maximum Gasteiger partial charge on any atom is 0.336 e. The van der Waals surface area contributed by atoms with Gasteiger partial charge >= 0.3 is 5.97 Å². The van der Waals surface area contributed by atoms with Crippen molar-refractivity contribution in [2.24, 2.45) is 5.92 Å². The van der Waals surface area contributed by atoms with Crippen LogP contribution in [0.2, 0.25) is 0 Å². The highest BCUT2D eigenvalue weighted by Gasteiger charge is 2.60. The van der Waals surface area contributed by atoms with Gasteiger partial charge in [-0.2, -0.15) is 0 Å². The van der Waals surface area contributed by atoms with Crippen LogP contribution in [0.15, 0.2) is 42.0 Å². The molecule has 1 aromatic rings. The molecule has 1 saturated carbocycles. The fourth-order valence-electron chi connectivity index (χ4n) is 5.96. The van der Waals surface area contributed by atoms with Crippen LogP contribution in [0.4, 0.5) is 0 Å². The maximum atomic E-state index is 12.2. The van der Waals surface area contributed by atoms with E-state index in [-0.39, 0.29) is 11.4 Å². The Labute approximate surface area is 163 Å². The van der Waals surface area contributed by atoms with E-state index >= 15 is 0 Å². The molecule has 2 aliphatic carbocycles. The van der Waals surface area contributed by atoms with E-state index in [1.165, 1.54) is 42.9 Å². The van der Waals surface area contributed by atoms with Crippen LogP contribution in [-0.4, -0.2) is 30.0 Å². The molecule has 3 aliphatic rings. The summed E-state index contributed by atoms with van der Waals surface area (Å²) in [4.78, 5) is 14.8. The molecule has 3 heteroatoms. The van der Waals surface area contributed by atoms with Crippen molar-refractivity contribution in [3.63, 3.8) is 0 Å². The van der Waals surface area contributed by atoms with E-state index in [9.17, 15) is 4.79 Å². The Balaban J connectivity index is 1.63. The number of likely N-dealkylation sites (tertiary alicyclic amines) is 1. The number of rotatable bonds is 4. The van der Waals surface area contributed by atoms with Gasteiger partial charge in [-0.15, -0.1) is 0 Å². The molecule has 0 amide bonds. The number of esters is 1. The smallest absolute Gasteiger partial charge is 0.336 e. The van der Waals surface area contributed by atoms with Crippen LogP contribution in [0.25, 0.3) is 0 Å². The van der Waals surface area contributed by atoms with Crippen LogP contribution in [0.5, 0.6) is 5.75 Å².